The third-order valence-corrected chi connectivity index (χ3v) is 12.6. The molecule has 1 heterocycles. The minimum Gasteiger partial charge on any atom is -0.378 e. The van der Waals surface area contributed by atoms with Gasteiger partial charge in [0.15, 0.2) is 5.79 Å². The first-order valence-electron chi connectivity index (χ1n) is 11.0. The van der Waals surface area contributed by atoms with Gasteiger partial charge in [0.25, 0.3) is 8.32 Å². The van der Waals surface area contributed by atoms with E-state index in [2.05, 4.69) is 93.5 Å². The van der Waals surface area contributed by atoms with Crippen molar-refractivity contribution in [2.75, 3.05) is 0 Å². The largest absolute Gasteiger partial charge is 0.378 e. The Bertz CT molecular complexity index is 844. The lowest BCUT2D eigenvalue weighted by Gasteiger charge is -2.41. The molecule has 3 heteroatoms. The molecule has 29 heavy (non-hydrogen) atoms. The predicted octanol–water partition coefficient (Wildman–Crippen LogP) is 5.48. The smallest absolute Gasteiger partial charge is 0.291 e. The molecule has 0 amide bonds. The molecule has 2 aromatic rings. The maximum absolute atomic E-state index is 7.28. The van der Waals surface area contributed by atoms with Crippen LogP contribution in [-0.2, 0) is 9.16 Å². The zero-order chi connectivity index (χ0) is 21.8. The van der Waals surface area contributed by atoms with E-state index in [9.17, 15) is 0 Å². The first-order chi connectivity index (χ1) is 13.4. The normalized spacial score (nSPS) is 26.1. The Hall–Kier alpha value is -1.42. The summed E-state index contributed by atoms with van der Waals surface area (Å²) in [5.41, 5.74) is 7.94. The van der Waals surface area contributed by atoms with Gasteiger partial charge in [-0.25, -0.2) is 0 Å². The van der Waals surface area contributed by atoms with Crippen molar-refractivity contribution in [2.45, 2.75) is 93.1 Å². The van der Waals surface area contributed by atoms with Gasteiger partial charge in [-0.2, -0.15) is 0 Å². The molecule has 0 saturated carbocycles. The summed E-state index contributed by atoms with van der Waals surface area (Å²) in [5.74, 6) is -0.565. The van der Waals surface area contributed by atoms with Crippen molar-refractivity contribution in [1.29, 1.82) is 0 Å². The number of rotatable bonds is 4. The lowest BCUT2D eigenvalue weighted by atomic mass is 10.1. The van der Waals surface area contributed by atoms with Gasteiger partial charge in [0, 0.05) is 0 Å². The minimum atomic E-state index is -2.74. The maximum Gasteiger partial charge on any atom is 0.291 e. The van der Waals surface area contributed by atoms with Gasteiger partial charge in [-0.1, -0.05) is 49.2 Å². The Kier molecular flexibility index (Phi) is 5.66. The van der Waals surface area contributed by atoms with E-state index in [1.807, 2.05) is 0 Å². The van der Waals surface area contributed by atoms with Crippen molar-refractivity contribution in [3.05, 3.63) is 57.6 Å². The van der Waals surface area contributed by atoms with E-state index in [1.165, 1.54) is 43.8 Å². The second kappa shape index (κ2) is 7.37. The van der Waals surface area contributed by atoms with Crippen LogP contribution in [0.25, 0.3) is 0 Å². The van der Waals surface area contributed by atoms with Crippen molar-refractivity contribution in [2.24, 2.45) is 0 Å². The summed E-state index contributed by atoms with van der Waals surface area (Å²) < 4.78 is 14.2. The summed E-state index contributed by atoms with van der Waals surface area (Å²) >= 11 is 0. The topological polar surface area (TPSA) is 18.5 Å². The van der Waals surface area contributed by atoms with Gasteiger partial charge >= 0.3 is 0 Å². The summed E-state index contributed by atoms with van der Waals surface area (Å²) in [6, 6.07) is 9.27. The number of hydrogen-bond donors (Lipinski definition) is 0. The van der Waals surface area contributed by atoms with E-state index in [4.69, 9.17) is 9.16 Å². The molecule has 1 saturated heterocycles. The molecule has 3 rings (SSSR count). The van der Waals surface area contributed by atoms with Gasteiger partial charge in [-0.05, 0) is 101 Å². The molecule has 0 aromatic heterocycles. The highest BCUT2D eigenvalue weighted by atomic mass is 28.4. The molecule has 1 aliphatic heterocycles. The molecule has 2 nitrogen and oxygen atoms in total. The standard InChI is InChI=1S/C26H38O2Si/c1-11-25(9)27-26(10,12-2)29(28-25,23-19(5)13-17(3)14-20(23)6)24-21(7)15-18(4)16-22(24)8/h13-16H,11-12H2,1-10H3. The Labute approximate surface area is 178 Å². The average Bonchev–Trinajstić information content (AvgIpc) is 2.82. The van der Waals surface area contributed by atoms with Crippen molar-refractivity contribution in [1.82, 2.24) is 0 Å². The van der Waals surface area contributed by atoms with Crippen LogP contribution in [0.15, 0.2) is 24.3 Å². The van der Waals surface area contributed by atoms with E-state index in [1.54, 1.807) is 0 Å². The van der Waals surface area contributed by atoms with Crippen molar-refractivity contribution < 1.29 is 9.16 Å². The van der Waals surface area contributed by atoms with E-state index in [0.29, 0.717) is 0 Å². The summed E-state index contributed by atoms with van der Waals surface area (Å²) in [6.07, 6.45) is 1.76. The Morgan fingerprint density at radius 2 is 1.07 bits per heavy atom. The molecule has 0 radical (unpaired) electrons. The monoisotopic (exact) mass is 410 g/mol. The second-order valence-electron chi connectivity index (χ2n) is 9.50. The van der Waals surface area contributed by atoms with Crippen LogP contribution < -0.4 is 10.4 Å². The van der Waals surface area contributed by atoms with Crippen LogP contribution in [0, 0.1) is 41.5 Å². The fourth-order valence-electron chi connectivity index (χ4n) is 5.69. The molecule has 1 fully saturated rings. The minimum absolute atomic E-state index is 0.340. The first-order valence-corrected chi connectivity index (χ1v) is 12.9. The lowest BCUT2D eigenvalue weighted by Crippen LogP contribution is -2.73. The highest BCUT2D eigenvalue weighted by molar-refractivity contribution is 7.01. The second-order valence-corrected chi connectivity index (χ2v) is 13.1. The molecule has 0 aliphatic carbocycles. The summed E-state index contributed by atoms with van der Waals surface area (Å²) in [4.78, 5) is 0. The quantitative estimate of drug-likeness (QED) is 0.622. The van der Waals surface area contributed by atoms with Crippen LogP contribution in [0.5, 0.6) is 0 Å². The molecule has 0 bridgehead atoms. The zero-order valence-electron chi connectivity index (χ0n) is 20.0. The van der Waals surface area contributed by atoms with Crippen molar-refractivity contribution in [3.63, 3.8) is 0 Å². The van der Waals surface area contributed by atoms with Crippen LogP contribution in [0.2, 0.25) is 0 Å². The van der Waals surface area contributed by atoms with Crippen LogP contribution in [-0.4, -0.2) is 19.3 Å². The molecule has 2 atom stereocenters. The number of ether oxygens (including phenoxy) is 1. The summed E-state index contributed by atoms with van der Waals surface area (Å²) in [6.45, 7) is 22.2. The molecule has 0 spiro atoms. The SMILES string of the molecule is CCC1(C)OC(C)(CC)[Si](c2c(C)cc(C)cc2C)(c2c(C)cc(C)cc2C)O1. The first kappa shape index (κ1) is 22.3. The van der Waals surface area contributed by atoms with Gasteiger partial charge in [0.05, 0.1) is 5.22 Å². The molecule has 158 valence electrons. The Balaban J connectivity index is 2.51. The van der Waals surface area contributed by atoms with Crippen molar-refractivity contribution in [3.8, 4) is 0 Å². The van der Waals surface area contributed by atoms with Gasteiger partial charge in [-0.3, -0.25) is 0 Å². The van der Waals surface area contributed by atoms with E-state index in [-0.39, 0.29) is 5.22 Å². The van der Waals surface area contributed by atoms with Gasteiger partial charge in [-0.15, -0.1) is 0 Å². The van der Waals surface area contributed by atoms with Crippen LogP contribution in [0.3, 0.4) is 0 Å². The number of benzene rings is 2. The molecular weight excluding hydrogens is 372 g/mol. The highest BCUT2D eigenvalue weighted by Crippen LogP contribution is 2.45. The molecule has 2 aromatic carbocycles. The molecular formula is C26H38O2Si. The van der Waals surface area contributed by atoms with Gasteiger partial charge < -0.3 is 9.16 Å². The van der Waals surface area contributed by atoms with Gasteiger partial charge in [0.2, 0.25) is 0 Å². The van der Waals surface area contributed by atoms with E-state index >= 15 is 0 Å². The third kappa shape index (κ3) is 3.32. The third-order valence-electron chi connectivity index (χ3n) is 6.93. The molecule has 1 aliphatic rings. The van der Waals surface area contributed by atoms with E-state index < -0.39 is 14.1 Å². The van der Waals surface area contributed by atoms with Crippen LogP contribution >= 0.6 is 0 Å². The summed E-state index contributed by atoms with van der Waals surface area (Å²) in [7, 11) is -2.74. The number of hydrogen-bond acceptors (Lipinski definition) is 2. The van der Waals surface area contributed by atoms with Gasteiger partial charge in [0.1, 0.15) is 0 Å². The van der Waals surface area contributed by atoms with Crippen LogP contribution in [0.4, 0.5) is 0 Å². The summed E-state index contributed by atoms with van der Waals surface area (Å²) in [5, 5.41) is 2.46. The highest BCUT2D eigenvalue weighted by Gasteiger charge is 2.67. The lowest BCUT2D eigenvalue weighted by molar-refractivity contribution is -0.169. The number of aryl methyl sites for hydroxylation is 6. The van der Waals surface area contributed by atoms with E-state index in [0.717, 1.165) is 12.8 Å². The fourth-order valence-corrected chi connectivity index (χ4v) is 11.6. The molecule has 2 unspecified atom stereocenters. The van der Waals surface area contributed by atoms with Crippen LogP contribution in [0.1, 0.15) is 73.9 Å². The zero-order valence-corrected chi connectivity index (χ0v) is 21.0. The average molecular weight is 411 g/mol. The molecule has 0 N–H and O–H groups in total. The Morgan fingerprint density at radius 3 is 1.38 bits per heavy atom. The fraction of sp³-hybridized carbons (Fsp3) is 0.538. The predicted molar refractivity (Wildman–Crippen MR) is 126 cm³/mol. The maximum atomic E-state index is 7.28. The van der Waals surface area contributed by atoms with Crippen molar-refractivity contribution >= 4 is 18.7 Å². The Morgan fingerprint density at radius 1 is 0.690 bits per heavy atom.